The zero-order valence-electron chi connectivity index (χ0n) is 19.4. The van der Waals surface area contributed by atoms with Gasteiger partial charge in [-0.25, -0.2) is 0 Å². The van der Waals surface area contributed by atoms with Gasteiger partial charge in [0.25, 0.3) is 0 Å². The summed E-state index contributed by atoms with van der Waals surface area (Å²) in [5, 5.41) is 7.38. The average molecular weight is 477 g/mol. The minimum Gasteiger partial charge on any atom is -0.455 e. The molecule has 2 aromatic heterocycles. The van der Waals surface area contributed by atoms with Gasteiger partial charge in [-0.1, -0.05) is 91.0 Å². The molecule has 0 saturated carbocycles. The normalized spacial score (nSPS) is 11.9. The van der Waals surface area contributed by atoms with E-state index in [0.29, 0.717) is 0 Å². The fourth-order valence-electron chi connectivity index (χ4n) is 5.49. The summed E-state index contributed by atoms with van der Waals surface area (Å²) in [4.78, 5) is 0. The third-order valence-electron chi connectivity index (χ3n) is 7.28. The van der Waals surface area contributed by atoms with Crippen molar-refractivity contribution in [3.63, 3.8) is 0 Å². The van der Waals surface area contributed by atoms with Gasteiger partial charge in [0.1, 0.15) is 11.2 Å². The number of benzene rings is 6. The van der Waals surface area contributed by atoms with Crippen LogP contribution in [0.5, 0.6) is 0 Å². The fraction of sp³-hybridized carbons (Fsp3) is 0. The van der Waals surface area contributed by atoms with Gasteiger partial charge in [-0.2, -0.15) is 0 Å². The van der Waals surface area contributed by atoms with Gasteiger partial charge in [-0.3, -0.25) is 0 Å². The number of furan rings is 1. The standard InChI is InChI=1S/C34H20OS/c1-3-7-21(8-4-1)23-11-13-25-27-15-18-30-28(33(27)35-31(25)19-23)16-17-29-26-14-12-24(20-32(26)36-34(29)30)22-9-5-2-6-10-22/h1-20H. The first-order valence-electron chi connectivity index (χ1n) is 12.2. The first-order valence-corrected chi connectivity index (χ1v) is 13.0. The molecule has 0 saturated heterocycles. The van der Waals surface area contributed by atoms with E-state index in [1.807, 2.05) is 17.4 Å². The molecular weight excluding hydrogens is 456 g/mol. The third-order valence-corrected chi connectivity index (χ3v) is 8.49. The lowest BCUT2D eigenvalue weighted by Gasteiger charge is -2.02. The van der Waals surface area contributed by atoms with Crippen molar-refractivity contribution in [2.24, 2.45) is 0 Å². The Morgan fingerprint density at radius 1 is 0.417 bits per heavy atom. The molecule has 0 radical (unpaired) electrons. The van der Waals surface area contributed by atoms with Gasteiger partial charge in [-0.05, 0) is 52.6 Å². The molecule has 8 aromatic rings. The molecule has 0 fully saturated rings. The molecule has 0 N–H and O–H groups in total. The Hall–Kier alpha value is -4.40. The topological polar surface area (TPSA) is 13.1 Å². The molecule has 36 heavy (non-hydrogen) atoms. The Balaban J connectivity index is 1.35. The van der Waals surface area contributed by atoms with E-state index < -0.39 is 0 Å². The second kappa shape index (κ2) is 7.55. The lowest BCUT2D eigenvalue weighted by molar-refractivity contribution is 0.673. The summed E-state index contributed by atoms with van der Waals surface area (Å²) in [6, 6.07) is 43.5. The minimum absolute atomic E-state index is 0.933. The molecule has 0 aliphatic carbocycles. The first kappa shape index (κ1) is 19.9. The number of rotatable bonds is 2. The van der Waals surface area contributed by atoms with Crippen molar-refractivity contribution >= 4 is 64.2 Å². The van der Waals surface area contributed by atoms with E-state index in [-0.39, 0.29) is 0 Å². The third kappa shape index (κ3) is 2.89. The molecule has 1 nitrogen and oxygen atoms in total. The molecule has 8 rings (SSSR count). The summed E-state index contributed by atoms with van der Waals surface area (Å²) < 4.78 is 9.17. The first-order chi connectivity index (χ1) is 17.8. The number of fused-ring (bicyclic) bond motifs is 9. The van der Waals surface area contributed by atoms with Crippen LogP contribution in [-0.4, -0.2) is 0 Å². The molecular formula is C34H20OS. The minimum atomic E-state index is 0.933. The molecule has 2 heteroatoms. The van der Waals surface area contributed by atoms with E-state index in [9.17, 15) is 0 Å². The van der Waals surface area contributed by atoms with Crippen molar-refractivity contribution in [2.45, 2.75) is 0 Å². The summed E-state index contributed by atoms with van der Waals surface area (Å²) in [5.41, 5.74) is 6.78. The molecule has 0 unspecified atom stereocenters. The Labute approximate surface area is 211 Å². The van der Waals surface area contributed by atoms with Crippen molar-refractivity contribution in [3.8, 4) is 22.3 Å². The second-order valence-corrected chi connectivity index (χ2v) is 10.4. The lowest BCUT2D eigenvalue weighted by Crippen LogP contribution is -1.77. The maximum absolute atomic E-state index is 6.53. The maximum Gasteiger partial charge on any atom is 0.143 e. The molecule has 0 amide bonds. The Kier molecular flexibility index (Phi) is 4.16. The highest BCUT2D eigenvalue weighted by Gasteiger charge is 2.15. The van der Waals surface area contributed by atoms with E-state index in [4.69, 9.17) is 4.42 Å². The fourth-order valence-corrected chi connectivity index (χ4v) is 6.76. The smallest absolute Gasteiger partial charge is 0.143 e. The van der Waals surface area contributed by atoms with Crippen molar-refractivity contribution in [1.29, 1.82) is 0 Å². The highest BCUT2D eigenvalue weighted by molar-refractivity contribution is 7.26. The molecule has 2 heterocycles. The zero-order valence-corrected chi connectivity index (χ0v) is 20.2. The van der Waals surface area contributed by atoms with Gasteiger partial charge in [-0.15, -0.1) is 11.3 Å². The van der Waals surface area contributed by atoms with E-state index in [0.717, 1.165) is 16.6 Å². The summed E-state index contributed by atoms with van der Waals surface area (Å²) in [7, 11) is 0. The zero-order chi connectivity index (χ0) is 23.6. The summed E-state index contributed by atoms with van der Waals surface area (Å²) in [6.45, 7) is 0. The van der Waals surface area contributed by atoms with Gasteiger partial charge in [0.05, 0.1) is 0 Å². The van der Waals surface area contributed by atoms with Crippen LogP contribution in [0.4, 0.5) is 0 Å². The highest BCUT2D eigenvalue weighted by atomic mass is 32.1. The molecule has 6 aromatic carbocycles. The van der Waals surface area contributed by atoms with Crippen LogP contribution in [0.3, 0.4) is 0 Å². The van der Waals surface area contributed by atoms with E-state index in [2.05, 4.69) is 115 Å². The SMILES string of the molecule is c1ccc(-c2ccc3c(c2)oc2c3ccc3c2ccc2c4ccc(-c5ccccc5)cc4sc23)cc1. The summed E-state index contributed by atoms with van der Waals surface area (Å²) in [5.74, 6) is 0. The van der Waals surface area contributed by atoms with Crippen LogP contribution in [0.15, 0.2) is 126 Å². The van der Waals surface area contributed by atoms with Crippen LogP contribution < -0.4 is 0 Å². The van der Waals surface area contributed by atoms with Crippen LogP contribution in [-0.2, 0) is 0 Å². The summed E-state index contributed by atoms with van der Waals surface area (Å²) >= 11 is 1.87. The predicted molar refractivity (Wildman–Crippen MR) is 155 cm³/mol. The van der Waals surface area contributed by atoms with Gasteiger partial charge in [0.2, 0.25) is 0 Å². The Morgan fingerprint density at radius 3 is 1.64 bits per heavy atom. The van der Waals surface area contributed by atoms with Crippen LogP contribution in [0.2, 0.25) is 0 Å². The molecule has 0 atom stereocenters. The van der Waals surface area contributed by atoms with E-state index >= 15 is 0 Å². The molecule has 0 aliphatic heterocycles. The van der Waals surface area contributed by atoms with Crippen LogP contribution in [0.1, 0.15) is 0 Å². The lowest BCUT2D eigenvalue weighted by atomic mass is 10.0. The van der Waals surface area contributed by atoms with E-state index in [1.165, 1.54) is 58.6 Å². The molecule has 0 aliphatic rings. The van der Waals surface area contributed by atoms with Crippen molar-refractivity contribution in [2.75, 3.05) is 0 Å². The van der Waals surface area contributed by atoms with Gasteiger partial charge >= 0.3 is 0 Å². The maximum atomic E-state index is 6.53. The van der Waals surface area contributed by atoms with Gasteiger partial charge < -0.3 is 4.42 Å². The highest BCUT2D eigenvalue weighted by Crippen LogP contribution is 2.43. The van der Waals surface area contributed by atoms with E-state index in [1.54, 1.807) is 0 Å². The van der Waals surface area contributed by atoms with Crippen LogP contribution >= 0.6 is 11.3 Å². The second-order valence-electron chi connectivity index (χ2n) is 9.34. The van der Waals surface area contributed by atoms with Crippen LogP contribution in [0.25, 0.3) is 75.1 Å². The van der Waals surface area contributed by atoms with Crippen LogP contribution in [0, 0.1) is 0 Å². The number of thiophene rings is 1. The van der Waals surface area contributed by atoms with Crippen molar-refractivity contribution in [1.82, 2.24) is 0 Å². The number of hydrogen-bond donors (Lipinski definition) is 0. The summed E-state index contributed by atoms with van der Waals surface area (Å²) in [6.07, 6.45) is 0. The van der Waals surface area contributed by atoms with Crippen molar-refractivity contribution in [3.05, 3.63) is 121 Å². The monoisotopic (exact) mass is 476 g/mol. The largest absolute Gasteiger partial charge is 0.455 e. The Bertz CT molecular complexity index is 1930. The van der Waals surface area contributed by atoms with Gasteiger partial charge in [0, 0.05) is 41.7 Å². The number of hydrogen-bond acceptors (Lipinski definition) is 2. The molecule has 0 bridgehead atoms. The van der Waals surface area contributed by atoms with Gasteiger partial charge in [0.15, 0.2) is 0 Å². The average Bonchev–Trinajstić information content (AvgIpc) is 3.51. The van der Waals surface area contributed by atoms with Crippen molar-refractivity contribution < 1.29 is 4.42 Å². The molecule has 0 spiro atoms. The predicted octanol–water partition coefficient (Wildman–Crippen LogP) is 10.4. The Morgan fingerprint density at radius 2 is 0.944 bits per heavy atom. The quantitative estimate of drug-likeness (QED) is 0.242. The molecule has 168 valence electrons.